The second kappa shape index (κ2) is 6.23. The van der Waals surface area contributed by atoms with Gasteiger partial charge in [0, 0.05) is 19.3 Å². The van der Waals surface area contributed by atoms with Crippen LogP contribution in [0.25, 0.3) is 0 Å². The van der Waals surface area contributed by atoms with Crippen molar-refractivity contribution in [2.75, 3.05) is 0 Å². The van der Waals surface area contributed by atoms with Gasteiger partial charge in [0.2, 0.25) is 0 Å². The first-order valence-electron chi connectivity index (χ1n) is 6.60. The van der Waals surface area contributed by atoms with Crippen LogP contribution in [0.3, 0.4) is 0 Å². The third kappa shape index (κ3) is 4.18. The molecule has 124 valence electrons. The minimum atomic E-state index is -4.55. The highest BCUT2D eigenvalue weighted by atomic mass is 19.4. The summed E-state index contributed by atoms with van der Waals surface area (Å²) in [5.74, 6) is -0.602. The number of pyridine rings is 1. The van der Waals surface area contributed by atoms with Gasteiger partial charge in [0.05, 0.1) is 23.5 Å². The van der Waals surface area contributed by atoms with E-state index in [2.05, 4.69) is 15.6 Å². The Labute approximate surface area is 128 Å². The fourth-order valence-electron chi connectivity index (χ4n) is 2.03. The molecule has 2 rings (SSSR count). The van der Waals surface area contributed by atoms with Crippen molar-refractivity contribution in [2.24, 2.45) is 7.05 Å². The summed E-state index contributed by atoms with van der Waals surface area (Å²) in [6, 6.07) is 1.65. The molecule has 23 heavy (non-hydrogen) atoms. The van der Waals surface area contributed by atoms with Crippen molar-refractivity contribution >= 4 is 5.91 Å². The molecule has 2 aromatic rings. The number of nitrogens with zero attached hydrogens (tertiary/aromatic N) is 4. The summed E-state index contributed by atoms with van der Waals surface area (Å²) in [6.45, 7) is 0.233. The average molecular weight is 329 g/mol. The Kier molecular flexibility index (Phi) is 4.52. The number of amides is 1. The molecule has 2 heterocycles. The molecule has 1 atom stereocenters. The molecule has 0 unspecified atom stereocenters. The van der Waals surface area contributed by atoms with E-state index in [0.717, 1.165) is 12.3 Å². The summed E-state index contributed by atoms with van der Waals surface area (Å²) < 4.78 is 39.2. The number of alkyl halides is 3. The van der Waals surface area contributed by atoms with E-state index in [1.165, 1.54) is 16.9 Å². The van der Waals surface area contributed by atoms with Crippen LogP contribution < -0.4 is 10.9 Å². The molecule has 0 spiro atoms. The van der Waals surface area contributed by atoms with Crippen LogP contribution >= 0.6 is 0 Å². The van der Waals surface area contributed by atoms with E-state index in [-0.39, 0.29) is 5.56 Å². The molecule has 0 fully saturated rings. The van der Waals surface area contributed by atoms with Crippen LogP contribution in [-0.2, 0) is 13.6 Å². The fourth-order valence-corrected chi connectivity index (χ4v) is 2.03. The fraction of sp³-hybridized carbons (Fsp3) is 0.385. The number of aryl methyl sites for hydroxylation is 1. The molecule has 0 aromatic carbocycles. The Balaban J connectivity index is 2.18. The van der Waals surface area contributed by atoms with Gasteiger partial charge in [0.1, 0.15) is 6.54 Å². The molecule has 10 heteroatoms. The molecule has 0 saturated heterocycles. The number of rotatable bonds is 4. The number of carbonyl (C=O) groups is 1. The van der Waals surface area contributed by atoms with Crippen molar-refractivity contribution in [3.8, 4) is 0 Å². The zero-order valence-corrected chi connectivity index (χ0v) is 12.3. The van der Waals surface area contributed by atoms with Gasteiger partial charge in [-0.15, -0.1) is 5.10 Å². The van der Waals surface area contributed by atoms with Crippen LogP contribution in [0.4, 0.5) is 13.2 Å². The van der Waals surface area contributed by atoms with E-state index in [1.54, 1.807) is 14.0 Å². The Morgan fingerprint density at radius 3 is 2.65 bits per heavy atom. The van der Waals surface area contributed by atoms with E-state index in [1.807, 2.05) is 0 Å². The largest absolute Gasteiger partial charge is 0.406 e. The predicted octanol–water partition coefficient (Wildman–Crippen LogP) is 1.03. The summed E-state index contributed by atoms with van der Waals surface area (Å²) in [5, 5.41) is 10.0. The molecule has 1 amide bonds. The Hall–Kier alpha value is -2.65. The Bertz CT molecular complexity index is 765. The van der Waals surface area contributed by atoms with Crippen molar-refractivity contribution < 1.29 is 18.0 Å². The normalized spacial score (nSPS) is 12.9. The monoisotopic (exact) mass is 329 g/mol. The maximum absolute atomic E-state index is 12.4. The minimum absolute atomic E-state index is 0.0455. The number of carbonyl (C=O) groups excluding carboxylic acids is 1. The first-order chi connectivity index (χ1) is 10.7. The van der Waals surface area contributed by atoms with Crippen molar-refractivity contribution in [2.45, 2.75) is 25.7 Å². The maximum Gasteiger partial charge on any atom is 0.406 e. The number of hydrogen-bond donors (Lipinski definition) is 1. The molecule has 0 radical (unpaired) electrons. The second-order valence-corrected chi connectivity index (χ2v) is 4.98. The summed E-state index contributed by atoms with van der Waals surface area (Å²) in [6.07, 6.45) is -2.19. The van der Waals surface area contributed by atoms with Gasteiger partial charge in [-0.05, 0) is 13.0 Å². The SMILES string of the molecule is C[C@@H](NC(=O)c1ccc(=O)n(CC(F)(F)F)c1)c1cnnn1C. The first kappa shape index (κ1) is 16.7. The van der Waals surface area contributed by atoms with Gasteiger partial charge in [-0.1, -0.05) is 5.21 Å². The zero-order valence-electron chi connectivity index (χ0n) is 12.3. The zero-order chi connectivity index (χ0) is 17.2. The van der Waals surface area contributed by atoms with Gasteiger partial charge < -0.3 is 9.88 Å². The van der Waals surface area contributed by atoms with E-state index in [0.29, 0.717) is 10.3 Å². The molecular weight excluding hydrogens is 315 g/mol. The third-order valence-electron chi connectivity index (χ3n) is 3.14. The smallest absolute Gasteiger partial charge is 0.344 e. The average Bonchev–Trinajstić information content (AvgIpc) is 2.86. The Morgan fingerprint density at radius 2 is 2.09 bits per heavy atom. The highest BCUT2D eigenvalue weighted by Gasteiger charge is 2.28. The lowest BCUT2D eigenvalue weighted by molar-refractivity contribution is -0.141. The van der Waals surface area contributed by atoms with E-state index in [9.17, 15) is 22.8 Å². The molecule has 0 aliphatic rings. The van der Waals surface area contributed by atoms with Crippen LogP contribution in [-0.4, -0.2) is 31.6 Å². The summed E-state index contributed by atoms with van der Waals surface area (Å²) in [5.41, 5.74) is -0.249. The molecule has 0 aliphatic heterocycles. The van der Waals surface area contributed by atoms with E-state index >= 15 is 0 Å². The van der Waals surface area contributed by atoms with Crippen LogP contribution in [0.1, 0.15) is 29.0 Å². The van der Waals surface area contributed by atoms with Crippen molar-refractivity contribution in [3.05, 3.63) is 46.1 Å². The van der Waals surface area contributed by atoms with Gasteiger partial charge >= 0.3 is 6.18 Å². The second-order valence-electron chi connectivity index (χ2n) is 4.98. The molecule has 0 aliphatic carbocycles. The maximum atomic E-state index is 12.4. The predicted molar refractivity (Wildman–Crippen MR) is 73.6 cm³/mol. The van der Waals surface area contributed by atoms with Crippen molar-refractivity contribution in [1.82, 2.24) is 24.9 Å². The number of hydrogen-bond acceptors (Lipinski definition) is 4. The van der Waals surface area contributed by atoms with Gasteiger partial charge in [-0.25, -0.2) is 0 Å². The molecule has 2 aromatic heterocycles. The van der Waals surface area contributed by atoms with E-state index in [4.69, 9.17) is 0 Å². The molecule has 0 bridgehead atoms. The lowest BCUT2D eigenvalue weighted by atomic mass is 10.2. The highest BCUT2D eigenvalue weighted by molar-refractivity contribution is 5.94. The lowest BCUT2D eigenvalue weighted by Crippen LogP contribution is -2.31. The van der Waals surface area contributed by atoms with Gasteiger partial charge in [0.25, 0.3) is 11.5 Å². The van der Waals surface area contributed by atoms with Gasteiger partial charge in [-0.3, -0.25) is 14.3 Å². The highest BCUT2D eigenvalue weighted by Crippen LogP contribution is 2.16. The van der Waals surface area contributed by atoms with Crippen molar-refractivity contribution in [1.29, 1.82) is 0 Å². The minimum Gasteiger partial charge on any atom is -0.344 e. The topological polar surface area (TPSA) is 81.8 Å². The third-order valence-corrected chi connectivity index (χ3v) is 3.14. The quantitative estimate of drug-likeness (QED) is 0.908. The molecule has 7 nitrogen and oxygen atoms in total. The number of nitrogens with one attached hydrogen (secondary N) is 1. The lowest BCUT2D eigenvalue weighted by Gasteiger charge is -2.15. The Morgan fingerprint density at radius 1 is 1.39 bits per heavy atom. The summed E-state index contributed by atoms with van der Waals surface area (Å²) in [4.78, 5) is 23.6. The first-order valence-corrected chi connectivity index (χ1v) is 6.60. The van der Waals surface area contributed by atoms with Gasteiger partial charge in [0.15, 0.2) is 0 Å². The van der Waals surface area contributed by atoms with Crippen LogP contribution in [0.2, 0.25) is 0 Å². The summed E-state index contributed by atoms with van der Waals surface area (Å²) in [7, 11) is 1.65. The van der Waals surface area contributed by atoms with E-state index < -0.39 is 30.2 Å². The van der Waals surface area contributed by atoms with Crippen molar-refractivity contribution in [3.63, 3.8) is 0 Å². The number of halogens is 3. The summed E-state index contributed by atoms with van der Waals surface area (Å²) >= 11 is 0. The standard InChI is InChI=1S/C13H14F3N5O2/c1-8(10-5-17-19-20(10)2)18-12(23)9-3-4-11(22)21(6-9)7-13(14,15)16/h3-6,8H,7H2,1-2H3,(H,18,23)/t8-/m1/s1. The number of aromatic nitrogens is 4. The van der Waals surface area contributed by atoms with Gasteiger partial charge in [-0.2, -0.15) is 13.2 Å². The van der Waals surface area contributed by atoms with Crippen LogP contribution in [0.5, 0.6) is 0 Å². The van der Waals surface area contributed by atoms with Crippen LogP contribution in [0, 0.1) is 0 Å². The molecule has 1 N–H and O–H groups in total. The molecule has 0 saturated carbocycles. The van der Waals surface area contributed by atoms with Crippen LogP contribution in [0.15, 0.2) is 29.3 Å². The molecular formula is C13H14F3N5O2.